The highest BCUT2D eigenvalue weighted by atomic mass is 32.2. The van der Waals surface area contributed by atoms with Crippen LogP contribution in [0.1, 0.15) is 5.69 Å². The molecule has 0 aliphatic heterocycles. The number of para-hydroxylation sites is 1. The van der Waals surface area contributed by atoms with Crippen molar-refractivity contribution >= 4 is 11.8 Å². The number of pyridine rings is 1. The maximum Gasteiger partial charge on any atom is 0.433 e. The summed E-state index contributed by atoms with van der Waals surface area (Å²) in [6, 6.07) is 13.0. The first-order valence-electron chi connectivity index (χ1n) is 7.89. The van der Waals surface area contributed by atoms with E-state index in [0.29, 0.717) is 11.3 Å². The molecule has 28 heavy (non-hydrogen) atoms. The van der Waals surface area contributed by atoms with Crippen molar-refractivity contribution < 1.29 is 13.2 Å². The van der Waals surface area contributed by atoms with E-state index < -0.39 is 11.9 Å². The monoisotopic (exact) mass is 401 g/mol. The van der Waals surface area contributed by atoms with Gasteiger partial charge in [-0.3, -0.25) is 4.98 Å². The number of halogens is 3. The summed E-state index contributed by atoms with van der Waals surface area (Å²) in [7, 11) is 0. The van der Waals surface area contributed by atoms with Crippen LogP contribution in [-0.4, -0.2) is 35.2 Å². The molecule has 0 spiro atoms. The molecule has 0 saturated carbocycles. The summed E-state index contributed by atoms with van der Waals surface area (Å²) in [5.41, 5.74) is 0.0515. The van der Waals surface area contributed by atoms with Crippen molar-refractivity contribution in [1.82, 2.24) is 35.2 Å². The maximum absolute atomic E-state index is 13.3. The van der Waals surface area contributed by atoms with Gasteiger partial charge >= 0.3 is 6.18 Å². The van der Waals surface area contributed by atoms with E-state index in [4.69, 9.17) is 0 Å². The second-order valence-corrected chi connectivity index (χ2v) is 6.45. The SMILES string of the molecule is FC(F)(F)c1cc(Sc2nnnn2-c2ccccc2)nc(-c2ccncc2)n1. The lowest BCUT2D eigenvalue weighted by atomic mass is 10.2. The van der Waals surface area contributed by atoms with E-state index in [1.165, 1.54) is 29.2 Å². The number of tetrazole rings is 1. The lowest BCUT2D eigenvalue weighted by Gasteiger charge is -2.10. The number of nitrogens with zero attached hydrogens (tertiary/aromatic N) is 7. The fourth-order valence-corrected chi connectivity index (χ4v) is 3.12. The van der Waals surface area contributed by atoms with E-state index >= 15 is 0 Å². The van der Waals surface area contributed by atoms with Crippen LogP contribution in [0.4, 0.5) is 13.2 Å². The van der Waals surface area contributed by atoms with Gasteiger partial charge in [-0.15, -0.1) is 5.10 Å². The van der Waals surface area contributed by atoms with Crippen molar-refractivity contribution in [3.8, 4) is 17.1 Å². The Morgan fingerprint density at radius 2 is 1.68 bits per heavy atom. The summed E-state index contributed by atoms with van der Waals surface area (Å²) < 4.78 is 41.4. The Balaban J connectivity index is 1.76. The molecule has 3 heterocycles. The van der Waals surface area contributed by atoms with E-state index in [1.54, 1.807) is 24.3 Å². The van der Waals surface area contributed by atoms with E-state index in [-0.39, 0.29) is 16.0 Å². The van der Waals surface area contributed by atoms with E-state index in [9.17, 15) is 13.2 Å². The Morgan fingerprint density at radius 3 is 2.39 bits per heavy atom. The minimum atomic E-state index is -4.62. The summed E-state index contributed by atoms with van der Waals surface area (Å²) in [6.45, 7) is 0. The first kappa shape index (κ1) is 18.0. The predicted molar refractivity (Wildman–Crippen MR) is 93.5 cm³/mol. The second-order valence-electron chi connectivity index (χ2n) is 5.46. The molecule has 0 saturated heterocycles. The molecule has 0 N–H and O–H groups in total. The third-order valence-corrected chi connectivity index (χ3v) is 4.42. The topological polar surface area (TPSA) is 82.3 Å². The Labute approximate surface area is 160 Å². The Bertz CT molecular complexity index is 1080. The van der Waals surface area contributed by atoms with Gasteiger partial charge in [-0.1, -0.05) is 18.2 Å². The molecule has 4 aromatic rings. The Morgan fingerprint density at radius 1 is 0.929 bits per heavy atom. The molecular weight excluding hydrogens is 391 g/mol. The summed E-state index contributed by atoms with van der Waals surface area (Å²) >= 11 is 0.915. The minimum Gasteiger partial charge on any atom is -0.265 e. The molecule has 0 aliphatic carbocycles. The van der Waals surface area contributed by atoms with Crippen molar-refractivity contribution in [1.29, 1.82) is 0 Å². The lowest BCUT2D eigenvalue weighted by molar-refractivity contribution is -0.141. The van der Waals surface area contributed by atoms with Crippen molar-refractivity contribution in [2.45, 2.75) is 16.4 Å². The van der Waals surface area contributed by atoms with Crippen LogP contribution in [0.15, 0.2) is 71.1 Å². The van der Waals surface area contributed by atoms with E-state index in [0.717, 1.165) is 17.8 Å². The number of aromatic nitrogens is 7. The van der Waals surface area contributed by atoms with Gasteiger partial charge in [0, 0.05) is 24.0 Å². The van der Waals surface area contributed by atoms with Gasteiger partial charge in [0.15, 0.2) is 5.82 Å². The average molecular weight is 401 g/mol. The molecule has 0 bridgehead atoms. The first-order valence-corrected chi connectivity index (χ1v) is 8.71. The summed E-state index contributed by atoms with van der Waals surface area (Å²) in [6.07, 6.45) is -1.70. The van der Waals surface area contributed by atoms with Gasteiger partial charge < -0.3 is 0 Å². The van der Waals surface area contributed by atoms with E-state index in [2.05, 4.69) is 30.5 Å². The van der Waals surface area contributed by atoms with Gasteiger partial charge in [0.25, 0.3) is 0 Å². The summed E-state index contributed by atoms with van der Waals surface area (Å²) in [5, 5.41) is 11.8. The van der Waals surface area contributed by atoms with Crippen LogP contribution in [0.3, 0.4) is 0 Å². The predicted octanol–water partition coefficient (Wildman–Crippen LogP) is 3.68. The number of benzene rings is 1. The van der Waals surface area contributed by atoms with Crippen molar-refractivity contribution in [3.63, 3.8) is 0 Å². The Hall–Kier alpha value is -3.34. The van der Waals surface area contributed by atoms with E-state index in [1.807, 2.05) is 6.07 Å². The highest BCUT2D eigenvalue weighted by Gasteiger charge is 2.34. The van der Waals surface area contributed by atoms with Crippen LogP contribution in [0.2, 0.25) is 0 Å². The average Bonchev–Trinajstić information content (AvgIpc) is 3.16. The maximum atomic E-state index is 13.3. The molecule has 0 atom stereocenters. The van der Waals surface area contributed by atoms with Crippen LogP contribution in [0, 0.1) is 0 Å². The highest BCUT2D eigenvalue weighted by Crippen LogP contribution is 2.33. The van der Waals surface area contributed by atoms with Gasteiger partial charge in [0.1, 0.15) is 10.7 Å². The molecule has 0 amide bonds. The molecule has 11 heteroatoms. The van der Waals surface area contributed by atoms with Crippen molar-refractivity contribution in [2.24, 2.45) is 0 Å². The molecule has 1 aromatic carbocycles. The van der Waals surface area contributed by atoms with Gasteiger partial charge in [-0.25, -0.2) is 9.97 Å². The molecular formula is C17H10F3N7S. The third kappa shape index (κ3) is 3.83. The summed E-state index contributed by atoms with van der Waals surface area (Å²) in [4.78, 5) is 11.7. The zero-order valence-electron chi connectivity index (χ0n) is 13.9. The van der Waals surface area contributed by atoms with Crippen LogP contribution in [0.5, 0.6) is 0 Å². The molecule has 0 fully saturated rings. The molecule has 3 aromatic heterocycles. The molecule has 0 radical (unpaired) electrons. The molecule has 7 nitrogen and oxygen atoms in total. The van der Waals surface area contributed by atoms with Crippen molar-refractivity contribution in [3.05, 3.63) is 66.6 Å². The second kappa shape index (κ2) is 7.35. The van der Waals surface area contributed by atoms with Crippen LogP contribution >= 0.6 is 11.8 Å². The van der Waals surface area contributed by atoms with Gasteiger partial charge in [0.2, 0.25) is 5.16 Å². The largest absolute Gasteiger partial charge is 0.433 e. The van der Waals surface area contributed by atoms with Gasteiger partial charge in [0.05, 0.1) is 5.69 Å². The fraction of sp³-hybridized carbons (Fsp3) is 0.0588. The van der Waals surface area contributed by atoms with Crippen LogP contribution < -0.4 is 0 Å². The quantitative estimate of drug-likeness (QED) is 0.483. The fourth-order valence-electron chi connectivity index (χ4n) is 2.32. The van der Waals surface area contributed by atoms with Crippen LogP contribution in [0.25, 0.3) is 17.1 Å². The smallest absolute Gasteiger partial charge is 0.265 e. The molecule has 0 aliphatic rings. The lowest BCUT2D eigenvalue weighted by Crippen LogP contribution is -2.10. The standard InChI is InChI=1S/C17H10F3N7S/c18-17(19,20)13-10-14(23-15(22-13)11-6-8-21-9-7-11)28-16-24-25-26-27(16)12-4-2-1-3-5-12/h1-10H. The zero-order valence-corrected chi connectivity index (χ0v) is 14.8. The van der Waals surface area contributed by atoms with Crippen LogP contribution in [-0.2, 0) is 6.18 Å². The summed E-state index contributed by atoms with van der Waals surface area (Å²) in [5.74, 6) is -0.0570. The number of hydrogen-bond acceptors (Lipinski definition) is 7. The minimum absolute atomic E-state index is 0.0570. The normalized spacial score (nSPS) is 11.5. The molecule has 4 rings (SSSR count). The number of hydrogen-bond donors (Lipinski definition) is 0. The zero-order chi connectivity index (χ0) is 19.6. The number of alkyl halides is 3. The van der Waals surface area contributed by atoms with Gasteiger partial charge in [-0.2, -0.15) is 17.9 Å². The Kier molecular flexibility index (Phi) is 4.74. The highest BCUT2D eigenvalue weighted by molar-refractivity contribution is 7.99. The number of rotatable bonds is 4. The first-order chi connectivity index (χ1) is 13.5. The molecule has 0 unspecified atom stereocenters. The van der Waals surface area contributed by atoms with Gasteiger partial charge in [-0.05, 0) is 46.5 Å². The van der Waals surface area contributed by atoms with Crippen molar-refractivity contribution in [2.75, 3.05) is 0 Å². The third-order valence-electron chi connectivity index (χ3n) is 3.57. The molecule has 140 valence electrons.